The molecule has 0 fully saturated rings. The molecule has 2 aromatic rings. The Hall–Kier alpha value is -2.97. The number of aliphatic carboxylic acids is 2. The van der Waals surface area contributed by atoms with Crippen LogP contribution in [0.2, 0.25) is 0 Å². The Labute approximate surface area is 161 Å². The molecule has 2 aromatic carbocycles. The van der Waals surface area contributed by atoms with Crippen LogP contribution in [0.15, 0.2) is 64.4 Å². The summed E-state index contributed by atoms with van der Waals surface area (Å²) >= 11 is 1.46. The van der Waals surface area contributed by atoms with Crippen LogP contribution < -0.4 is 10.2 Å². The Morgan fingerprint density at radius 1 is 1.00 bits per heavy atom. The topological polar surface area (TPSA) is 124 Å². The van der Waals surface area contributed by atoms with Gasteiger partial charge in [-0.1, -0.05) is 30.0 Å². The summed E-state index contributed by atoms with van der Waals surface area (Å²) < 4.78 is 0. The van der Waals surface area contributed by atoms with E-state index in [4.69, 9.17) is 0 Å². The number of rotatable bonds is 6. The van der Waals surface area contributed by atoms with E-state index >= 15 is 0 Å². The number of hydrogen-bond donors (Lipinski definition) is 2. The maximum atomic E-state index is 9.83. The first-order chi connectivity index (χ1) is 12.7. The van der Waals surface area contributed by atoms with Gasteiger partial charge in [0, 0.05) is 11.4 Å². The van der Waals surface area contributed by atoms with E-state index in [0.29, 0.717) is 17.0 Å². The lowest BCUT2D eigenvalue weighted by Crippen LogP contribution is -2.23. The molecule has 0 aliphatic carbocycles. The Kier molecular flexibility index (Phi) is 8.91. The second-order valence-electron chi connectivity index (χ2n) is 5.57. The number of carbonyl (C=O) groups is 2. The minimum atomic E-state index is -1.55. The van der Waals surface area contributed by atoms with Gasteiger partial charge in [0.05, 0.1) is 16.8 Å². The molecular weight excluding hydrogens is 370 g/mol. The van der Waals surface area contributed by atoms with Gasteiger partial charge in [0.25, 0.3) is 0 Å². The second-order valence-corrected chi connectivity index (χ2v) is 6.65. The summed E-state index contributed by atoms with van der Waals surface area (Å²) in [5.74, 6) is -2.75. The molecular formula is C19H19NO6S-2. The van der Waals surface area contributed by atoms with Crippen LogP contribution in [-0.4, -0.2) is 41.1 Å². The van der Waals surface area contributed by atoms with Crippen LogP contribution in [0.3, 0.4) is 0 Å². The zero-order chi connectivity index (χ0) is 20.4. The first-order valence-electron chi connectivity index (χ1n) is 7.71. The molecule has 0 atom stereocenters. The van der Waals surface area contributed by atoms with Gasteiger partial charge in [-0.15, -0.1) is 0 Å². The van der Waals surface area contributed by atoms with Crippen molar-refractivity contribution in [2.45, 2.75) is 16.3 Å². The van der Waals surface area contributed by atoms with E-state index in [-0.39, 0.29) is 11.5 Å². The van der Waals surface area contributed by atoms with E-state index in [1.165, 1.54) is 29.5 Å². The van der Waals surface area contributed by atoms with Crippen molar-refractivity contribution >= 4 is 23.7 Å². The molecule has 2 rings (SSSR count). The lowest BCUT2D eigenvalue weighted by atomic mass is 10.2. The van der Waals surface area contributed by atoms with Crippen molar-refractivity contribution in [3.63, 3.8) is 0 Å². The van der Waals surface area contributed by atoms with E-state index in [9.17, 15) is 30.0 Å². The monoisotopic (exact) mass is 389 g/mol. The molecule has 8 heteroatoms. The number of nitrogens with zero attached hydrogens (tertiary/aromatic N) is 1. The largest absolute Gasteiger partial charge is 0.545 e. The summed E-state index contributed by atoms with van der Waals surface area (Å²) in [5, 5.41) is 38.2. The average Bonchev–Trinajstić information content (AvgIpc) is 2.58. The van der Waals surface area contributed by atoms with Gasteiger partial charge in [-0.25, -0.2) is 0 Å². The van der Waals surface area contributed by atoms with E-state index in [1.54, 1.807) is 6.07 Å². The third-order valence-electron chi connectivity index (χ3n) is 2.98. The fourth-order valence-electron chi connectivity index (χ4n) is 1.91. The molecule has 0 radical (unpaired) electrons. The molecule has 7 nitrogen and oxygen atoms in total. The van der Waals surface area contributed by atoms with E-state index < -0.39 is 11.9 Å². The minimum absolute atomic E-state index is 0.158. The van der Waals surface area contributed by atoms with Crippen LogP contribution in [0.1, 0.15) is 5.56 Å². The highest BCUT2D eigenvalue weighted by Crippen LogP contribution is 2.38. The number of aromatic hydroxyl groups is 2. The molecule has 27 heavy (non-hydrogen) atoms. The fourth-order valence-corrected chi connectivity index (χ4v) is 2.91. The number of carbonyl (C=O) groups excluding carboxylic acids is 2. The summed E-state index contributed by atoms with van der Waals surface area (Å²) in [6.07, 6.45) is 0.769. The van der Waals surface area contributed by atoms with Gasteiger partial charge in [0.15, 0.2) is 0 Å². The quantitative estimate of drug-likeness (QED) is 0.536. The Balaban J connectivity index is 0.000000387. The molecule has 0 aliphatic heterocycles. The molecule has 0 aromatic heterocycles. The Morgan fingerprint density at radius 2 is 1.59 bits per heavy atom. The Bertz CT molecular complexity index is 804. The minimum Gasteiger partial charge on any atom is -0.545 e. The van der Waals surface area contributed by atoms with Crippen LogP contribution in [-0.2, 0) is 16.1 Å². The summed E-state index contributed by atoms with van der Waals surface area (Å²) in [6, 6.07) is 12.6. The summed E-state index contributed by atoms with van der Waals surface area (Å²) in [4.78, 5) is 22.7. The van der Waals surface area contributed by atoms with Crippen molar-refractivity contribution in [3.05, 3.63) is 60.2 Å². The number of benzene rings is 2. The average molecular weight is 389 g/mol. The Morgan fingerprint density at radius 3 is 2.15 bits per heavy atom. The predicted octanol–water partition coefficient (Wildman–Crippen LogP) is 0.353. The van der Waals surface area contributed by atoms with Crippen LogP contribution in [0, 0.1) is 0 Å². The zero-order valence-corrected chi connectivity index (χ0v) is 15.6. The smallest absolute Gasteiger partial charge is 0.129 e. The molecule has 0 amide bonds. The molecule has 144 valence electrons. The number of phenolic OH excluding ortho intramolecular Hbond substituents is 2. The first kappa shape index (κ1) is 22.1. The van der Waals surface area contributed by atoms with Crippen molar-refractivity contribution in [2.24, 2.45) is 0 Å². The third-order valence-corrected chi connectivity index (χ3v) is 4.14. The number of hydrogen-bond acceptors (Lipinski definition) is 8. The molecule has 0 bridgehead atoms. The lowest BCUT2D eigenvalue weighted by Gasteiger charge is -2.14. The van der Waals surface area contributed by atoms with Crippen molar-refractivity contribution in [2.75, 3.05) is 14.1 Å². The van der Waals surface area contributed by atoms with Gasteiger partial charge in [-0.3, -0.25) is 0 Å². The predicted molar refractivity (Wildman–Crippen MR) is 96.9 cm³/mol. The van der Waals surface area contributed by atoms with Crippen LogP contribution in [0.4, 0.5) is 0 Å². The molecule has 0 aliphatic rings. The molecule has 0 spiro atoms. The second kappa shape index (κ2) is 10.9. The van der Waals surface area contributed by atoms with Crippen molar-refractivity contribution in [1.82, 2.24) is 4.90 Å². The zero-order valence-electron chi connectivity index (χ0n) is 14.8. The van der Waals surface area contributed by atoms with Gasteiger partial charge >= 0.3 is 0 Å². The highest BCUT2D eigenvalue weighted by molar-refractivity contribution is 7.99. The molecule has 0 saturated heterocycles. The number of carboxylic acid groups (broad SMARTS) is 2. The molecule has 2 N–H and O–H groups in total. The maximum absolute atomic E-state index is 9.83. The van der Waals surface area contributed by atoms with Gasteiger partial charge in [-0.05, 0) is 56.1 Å². The highest BCUT2D eigenvalue weighted by Gasteiger charge is 2.09. The molecule has 0 heterocycles. The van der Waals surface area contributed by atoms with Gasteiger partial charge in [0.1, 0.15) is 11.5 Å². The fraction of sp³-hybridized carbons (Fsp3) is 0.158. The highest BCUT2D eigenvalue weighted by atomic mass is 32.2. The molecule has 0 unspecified atom stereocenters. The van der Waals surface area contributed by atoms with Crippen molar-refractivity contribution in [1.29, 1.82) is 0 Å². The van der Waals surface area contributed by atoms with Crippen LogP contribution in [0.5, 0.6) is 11.5 Å². The SMILES string of the molecule is CN(C)Cc1ccccc1Sc1cc(O)ccc1O.O=C([O-])C=CC(=O)[O-]. The first-order valence-corrected chi connectivity index (χ1v) is 8.53. The van der Waals surface area contributed by atoms with Crippen molar-refractivity contribution < 1.29 is 30.0 Å². The van der Waals surface area contributed by atoms with Gasteiger partial charge < -0.3 is 34.9 Å². The normalized spacial score (nSPS) is 10.5. The van der Waals surface area contributed by atoms with Gasteiger partial charge in [-0.2, -0.15) is 0 Å². The summed E-state index contributed by atoms with van der Waals surface area (Å²) in [5.41, 5.74) is 1.19. The van der Waals surface area contributed by atoms with Crippen LogP contribution >= 0.6 is 11.8 Å². The standard InChI is InChI=1S/C15H17NO2S.C4H4O4/c1-16(2)10-11-5-3-4-6-14(11)19-15-9-12(17)7-8-13(15)18;5-3(6)1-2-4(7)8/h3-9,17-18H,10H2,1-2H3;1-2H,(H,5,6)(H,7,8)/p-2. The van der Waals surface area contributed by atoms with E-state index in [1.807, 2.05) is 32.3 Å². The number of phenols is 2. The third kappa shape index (κ3) is 8.80. The van der Waals surface area contributed by atoms with E-state index in [0.717, 1.165) is 11.4 Å². The number of carboxylic acids is 2. The summed E-state index contributed by atoms with van der Waals surface area (Å²) in [7, 11) is 4.04. The maximum Gasteiger partial charge on any atom is 0.129 e. The van der Waals surface area contributed by atoms with Crippen molar-refractivity contribution in [3.8, 4) is 11.5 Å². The lowest BCUT2D eigenvalue weighted by molar-refractivity contribution is -0.301. The van der Waals surface area contributed by atoms with E-state index in [2.05, 4.69) is 11.0 Å². The molecule has 0 saturated carbocycles. The van der Waals surface area contributed by atoms with Gasteiger partial charge in [0.2, 0.25) is 0 Å². The van der Waals surface area contributed by atoms with Crippen LogP contribution in [0.25, 0.3) is 0 Å². The summed E-state index contributed by atoms with van der Waals surface area (Å²) in [6.45, 7) is 0.836.